The van der Waals surface area contributed by atoms with Gasteiger partial charge in [0.05, 0.1) is 0 Å². The fourth-order valence-electron chi connectivity index (χ4n) is 3.19. The first-order valence-electron chi connectivity index (χ1n) is 8.48. The Morgan fingerprint density at radius 2 is 1.88 bits per heavy atom. The number of benzene rings is 2. The number of rotatable bonds is 4. The van der Waals surface area contributed by atoms with Crippen molar-refractivity contribution in [1.82, 2.24) is 4.90 Å². The van der Waals surface area contributed by atoms with E-state index in [2.05, 4.69) is 17.1 Å². The highest BCUT2D eigenvalue weighted by molar-refractivity contribution is 6.04. The van der Waals surface area contributed by atoms with Crippen LogP contribution in [0.3, 0.4) is 0 Å². The van der Waals surface area contributed by atoms with Gasteiger partial charge in [-0.25, -0.2) is 4.39 Å². The quantitative estimate of drug-likeness (QED) is 0.908. The average Bonchev–Trinajstić information content (AvgIpc) is 2.57. The third kappa shape index (κ3) is 4.42. The van der Waals surface area contributed by atoms with E-state index in [1.54, 1.807) is 12.1 Å². The van der Waals surface area contributed by atoms with Crippen molar-refractivity contribution in [3.63, 3.8) is 0 Å². The summed E-state index contributed by atoms with van der Waals surface area (Å²) in [6.45, 7) is 5.53. The zero-order valence-electron chi connectivity index (χ0n) is 14.0. The van der Waals surface area contributed by atoms with Crippen molar-refractivity contribution in [2.45, 2.75) is 26.3 Å². The Morgan fingerprint density at radius 1 is 1.17 bits per heavy atom. The molecule has 126 valence electrons. The van der Waals surface area contributed by atoms with Crippen LogP contribution in [0.1, 0.15) is 35.7 Å². The van der Waals surface area contributed by atoms with Crippen LogP contribution in [-0.4, -0.2) is 23.9 Å². The number of likely N-dealkylation sites (tertiary alicyclic amines) is 1. The van der Waals surface area contributed by atoms with Crippen molar-refractivity contribution in [1.29, 1.82) is 0 Å². The SMILES string of the molecule is CC1CCCN(Cc2ccc(C(=O)Nc3ccc(F)cc3)cc2)C1. The molecule has 1 atom stereocenters. The first-order valence-corrected chi connectivity index (χ1v) is 8.48. The second-order valence-electron chi connectivity index (χ2n) is 6.64. The van der Waals surface area contributed by atoms with Crippen molar-refractivity contribution in [3.05, 3.63) is 65.5 Å². The Bertz CT molecular complexity index is 682. The van der Waals surface area contributed by atoms with Gasteiger partial charge in [-0.2, -0.15) is 0 Å². The Balaban J connectivity index is 1.59. The van der Waals surface area contributed by atoms with Gasteiger partial charge in [0.2, 0.25) is 0 Å². The number of nitrogens with zero attached hydrogens (tertiary/aromatic N) is 1. The molecule has 0 saturated carbocycles. The zero-order valence-corrected chi connectivity index (χ0v) is 14.0. The van der Waals surface area contributed by atoms with E-state index >= 15 is 0 Å². The molecule has 1 aliphatic rings. The van der Waals surface area contributed by atoms with Gasteiger partial charge in [-0.1, -0.05) is 19.1 Å². The maximum Gasteiger partial charge on any atom is 0.255 e. The predicted molar refractivity (Wildman–Crippen MR) is 94.5 cm³/mol. The van der Waals surface area contributed by atoms with E-state index in [9.17, 15) is 9.18 Å². The van der Waals surface area contributed by atoms with Crippen LogP contribution in [0.4, 0.5) is 10.1 Å². The van der Waals surface area contributed by atoms with E-state index in [0.29, 0.717) is 11.3 Å². The largest absolute Gasteiger partial charge is 0.322 e. The van der Waals surface area contributed by atoms with Gasteiger partial charge in [-0.3, -0.25) is 9.69 Å². The summed E-state index contributed by atoms with van der Waals surface area (Å²) in [5, 5.41) is 2.78. The van der Waals surface area contributed by atoms with E-state index in [1.807, 2.05) is 24.3 Å². The normalized spacial score (nSPS) is 18.3. The predicted octanol–water partition coefficient (Wildman–Crippen LogP) is 4.31. The van der Waals surface area contributed by atoms with Gasteiger partial charge >= 0.3 is 0 Å². The summed E-state index contributed by atoms with van der Waals surface area (Å²) < 4.78 is 12.9. The number of piperidine rings is 1. The molecule has 0 aromatic heterocycles. The second kappa shape index (κ2) is 7.58. The van der Waals surface area contributed by atoms with Gasteiger partial charge in [0.1, 0.15) is 5.82 Å². The molecule has 4 heteroatoms. The molecule has 24 heavy (non-hydrogen) atoms. The molecule has 2 aromatic rings. The summed E-state index contributed by atoms with van der Waals surface area (Å²) in [5.41, 5.74) is 2.42. The van der Waals surface area contributed by atoms with Crippen LogP contribution in [0, 0.1) is 11.7 Å². The first-order chi connectivity index (χ1) is 11.6. The molecule has 1 aliphatic heterocycles. The van der Waals surface area contributed by atoms with E-state index in [-0.39, 0.29) is 11.7 Å². The standard InChI is InChI=1S/C20H23FN2O/c1-15-3-2-12-23(13-15)14-16-4-6-17(7-5-16)20(24)22-19-10-8-18(21)9-11-19/h4-11,15H,2-3,12-14H2,1H3,(H,22,24). The van der Waals surface area contributed by atoms with Crippen LogP contribution < -0.4 is 5.32 Å². The lowest BCUT2D eigenvalue weighted by Gasteiger charge is -2.30. The molecule has 2 aromatic carbocycles. The molecular formula is C20H23FN2O. The van der Waals surface area contributed by atoms with Gasteiger partial charge in [0.25, 0.3) is 5.91 Å². The zero-order chi connectivity index (χ0) is 16.9. The number of halogens is 1. The molecule has 1 heterocycles. The van der Waals surface area contributed by atoms with Crippen LogP contribution in [0.2, 0.25) is 0 Å². The molecule has 1 unspecified atom stereocenters. The highest BCUT2D eigenvalue weighted by Gasteiger charge is 2.16. The van der Waals surface area contributed by atoms with Gasteiger partial charge in [-0.05, 0) is 67.3 Å². The average molecular weight is 326 g/mol. The molecule has 3 rings (SSSR count). The molecule has 1 saturated heterocycles. The molecule has 3 nitrogen and oxygen atoms in total. The minimum Gasteiger partial charge on any atom is -0.322 e. The summed E-state index contributed by atoms with van der Waals surface area (Å²) in [7, 11) is 0. The summed E-state index contributed by atoms with van der Waals surface area (Å²) >= 11 is 0. The Labute approximate surface area is 142 Å². The van der Waals surface area contributed by atoms with Crippen molar-refractivity contribution in [2.24, 2.45) is 5.92 Å². The number of nitrogens with one attached hydrogen (secondary N) is 1. The molecule has 0 bridgehead atoms. The summed E-state index contributed by atoms with van der Waals surface area (Å²) in [6, 6.07) is 13.5. The minimum atomic E-state index is -0.315. The smallest absolute Gasteiger partial charge is 0.255 e. The molecule has 1 N–H and O–H groups in total. The number of amides is 1. The second-order valence-corrected chi connectivity index (χ2v) is 6.64. The molecule has 0 radical (unpaired) electrons. The molecule has 0 spiro atoms. The lowest BCUT2D eigenvalue weighted by Crippen LogP contribution is -2.33. The highest BCUT2D eigenvalue weighted by Crippen LogP contribution is 2.18. The number of carbonyl (C=O) groups is 1. The third-order valence-corrected chi connectivity index (χ3v) is 4.47. The summed E-state index contributed by atoms with van der Waals surface area (Å²) in [5.74, 6) is 0.267. The Hall–Kier alpha value is -2.20. The van der Waals surface area contributed by atoms with E-state index in [1.165, 1.54) is 30.5 Å². The van der Waals surface area contributed by atoms with Gasteiger partial charge in [0, 0.05) is 24.3 Å². The van der Waals surface area contributed by atoms with Gasteiger partial charge < -0.3 is 5.32 Å². The van der Waals surface area contributed by atoms with Crippen molar-refractivity contribution in [3.8, 4) is 0 Å². The Morgan fingerprint density at radius 3 is 2.54 bits per heavy atom. The molecule has 0 aliphatic carbocycles. The minimum absolute atomic E-state index is 0.181. The van der Waals surface area contributed by atoms with Crippen LogP contribution in [-0.2, 0) is 6.54 Å². The lowest BCUT2D eigenvalue weighted by atomic mass is 9.99. The fourth-order valence-corrected chi connectivity index (χ4v) is 3.19. The number of hydrogen-bond acceptors (Lipinski definition) is 2. The van der Waals surface area contributed by atoms with Crippen molar-refractivity contribution >= 4 is 11.6 Å². The molecule has 1 fully saturated rings. The number of hydrogen-bond donors (Lipinski definition) is 1. The van der Waals surface area contributed by atoms with Crippen LogP contribution >= 0.6 is 0 Å². The van der Waals surface area contributed by atoms with Crippen LogP contribution in [0.5, 0.6) is 0 Å². The topological polar surface area (TPSA) is 32.3 Å². The van der Waals surface area contributed by atoms with Crippen molar-refractivity contribution in [2.75, 3.05) is 18.4 Å². The van der Waals surface area contributed by atoms with E-state index in [0.717, 1.165) is 25.6 Å². The van der Waals surface area contributed by atoms with E-state index < -0.39 is 0 Å². The first kappa shape index (κ1) is 16.7. The van der Waals surface area contributed by atoms with E-state index in [4.69, 9.17) is 0 Å². The van der Waals surface area contributed by atoms with Gasteiger partial charge in [0.15, 0.2) is 0 Å². The Kier molecular flexibility index (Phi) is 5.26. The lowest BCUT2D eigenvalue weighted by molar-refractivity contribution is 0.102. The van der Waals surface area contributed by atoms with Crippen LogP contribution in [0.25, 0.3) is 0 Å². The maximum atomic E-state index is 12.9. The monoisotopic (exact) mass is 326 g/mol. The summed E-state index contributed by atoms with van der Waals surface area (Å²) in [4.78, 5) is 14.7. The van der Waals surface area contributed by atoms with Crippen molar-refractivity contribution < 1.29 is 9.18 Å². The molecular weight excluding hydrogens is 303 g/mol. The van der Waals surface area contributed by atoms with Crippen LogP contribution in [0.15, 0.2) is 48.5 Å². The number of anilines is 1. The number of carbonyl (C=O) groups excluding carboxylic acids is 1. The third-order valence-electron chi connectivity index (χ3n) is 4.47. The summed E-state index contributed by atoms with van der Waals surface area (Å²) in [6.07, 6.45) is 2.58. The maximum absolute atomic E-state index is 12.9. The molecule has 1 amide bonds. The highest BCUT2D eigenvalue weighted by atomic mass is 19.1. The van der Waals surface area contributed by atoms with Gasteiger partial charge in [-0.15, -0.1) is 0 Å². The fraction of sp³-hybridized carbons (Fsp3) is 0.350.